The Bertz CT molecular complexity index is 311. The first kappa shape index (κ1) is 12.3. The Morgan fingerprint density at radius 2 is 1.88 bits per heavy atom. The van der Waals surface area contributed by atoms with Gasteiger partial charge in [0.15, 0.2) is 0 Å². The van der Waals surface area contributed by atoms with Crippen LogP contribution >= 0.6 is 27.7 Å². The summed E-state index contributed by atoms with van der Waals surface area (Å²) in [5.74, 6) is 3.48. The largest absolute Gasteiger partial charge is 0.492 e. The topological polar surface area (TPSA) is 12.5 Å². The molecule has 0 unspecified atom stereocenters. The number of hydrogen-bond donors (Lipinski definition) is 0. The molecule has 1 heterocycles. The SMILES string of the molecule is Brc1ccc(OCCN2CCSCC2)cc1. The number of rotatable bonds is 4. The van der Waals surface area contributed by atoms with E-state index in [-0.39, 0.29) is 0 Å². The maximum absolute atomic E-state index is 5.69. The first-order chi connectivity index (χ1) is 7.84. The maximum Gasteiger partial charge on any atom is 0.119 e. The van der Waals surface area contributed by atoms with Gasteiger partial charge in [-0.3, -0.25) is 4.90 Å². The normalized spacial score (nSPS) is 17.3. The van der Waals surface area contributed by atoms with Gasteiger partial charge >= 0.3 is 0 Å². The predicted octanol–water partition coefficient (Wildman–Crippen LogP) is 2.88. The summed E-state index contributed by atoms with van der Waals surface area (Å²) in [7, 11) is 0. The fourth-order valence-corrected chi connectivity index (χ4v) is 2.89. The number of thioether (sulfide) groups is 1. The van der Waals surface area contributed by atoms with Crippen LogP contribution in [0.4, 0.5) is 0 Å². The van der Waals surface area contributed by atoms with Crippen LogP contribution in [0.25, 0.3) is 0 Å². The number of nitrogens with zero attached hydrogens (tertiary/aromatic N) is 1. The van der Waals surface area contributed by atoms with Crippen LogP contribution in [0.15, 0.2) is 28.7 Å². The minimum absolute atomic E-state index is 0.784. The second-order valence-corrected chi connectivity index (χ2v) is 5.90. The fourth-order valence-electron chi connectivity index (χ4n) is 1.65. The Balaban J connectivity index is 1.69. The molecule has 0 aliphatic carbocycles. The molecule has 0 spiro atoms. The van der Waals surface area contributed by atoms with Crippen LogP contribution in [0, 0.1) is 0 Å². The summed E-state index contributed by atoms with van der Waals surface area (Å²) in [4.78, 5) is 2.47. The number of halogens is 1. The minimum atomic E-state index is 0.784. The summed E-state index contributed by atoms with van der Waals surface area (Å²) in [5, 5.41) is 0. The molecule has 0 N–H and O–H groups in total. The Labute approximate surface area is 109 Å². The summed E-state index contributed by atoms with van der Waals surface area (Å²) in [5.41, 5.74) is 0. The summed E-state index contributed by atoms with van der Waals surface area (Å²) >= 11 is 5.45. The minimum Gasteiger partial charge on any atom is -0.492 e. The van der Waals surface area contributed by atoms with E-state index < -0.39 is 0 Å². The van der Waals surface area contributed by atoms with E-state index in [0.29, 0.717) is 0 Å². The lowest BCUT2D eigenvalue weighted by atomic mass is 10.3. The zero-order valence-electron chi connectivity index (χ0n) is 9.19. The highest BCUT2D eigenvalue weighted by Crippen LogP contribution is 2.16. The lowest BCUT2D eigenvalue weighted by molar-refractivity contribution is 0.222. The van der Waals surface area contributed by atoms with E-state index >= 15 is 0 Å². The maximum atomic E-state index is 5.69. The molecule has 16 heavy (non-hydrogen) atoms. The molecule has 0 atom stereocenters. The average molecular weight is 302 g/mol. The lowest BCUT2D eigenvalue weighted by Crippen LogP contribution is -2.35. The van der Waals surface area contributed by atoms with Crippen LogP contribution in [0.5, 0.6) is 5.75 Å². The van der Waals surface area contributed by atoms with E-state index in [0.717, 1.165) is 23.4 Å². The van der Waals surface area contributed by atoms with Gasteiger partial charge in [0.25, 0.3) is 0 Å². The highest BCUT2D eigenvalue weighted by Gasteiger charge is 2.09. The smallest absolute Gasteiger partial charge is 0.119 e. The Morgan fingerprint density at radius 3 is 2.56 bits per heavy atom. The van der Waals surface area contributed by atoms with Gasteiger partial charge in [-0.25, -0.2) is 0 Å². The van der Waals surface area contributed by atoms with Crippen molar-refractivity contribution in [3.63, 3.8) is 0 Å². The number of ether oxygens (including phenoxy) is 1. The molecule has 0 aromatic heterocycles. The molecule has 1 saturated heterocycles. The molecule has 2 nitrogen and oxygen atoms in total. The quantitative estimate of drug-likeness (QED) is 0.848. The average Bonchev–Trinajstić information content (AvgIpc) is 2.33. The van der Waals surface area contributed by atoms with Gasteiger partial charge in [0.05, 0.1) is 0 Å². The highest BCUT2D eigenvalue weighted by molar-refractivity contribution is 9.10. The van der Waals surface area contributed by atoms with Gasteiger partial charge in [0.1, 0.15) is 12.4 Å². The van der Waals surface area contributed by atoms with Crippen LogP contribution in [0.2, 0.25) is 0 Å². The predicted molar refractivity (Wildman–Crippen MR) is 73.4 cm³/mol. The van der Waals surface area contributed by atoms with Crippen molar-refractivity contribution < 1.29 is 4.74 Å². The number of benzene rings is 1. The third kappa shape index (κ3) is 4.00. The second-order valence-electron chi connectivity index (χ2n) is 3.76. The van der Waals surface area contributed by atoms with E-state index in [2.05, 4.69) is 20.8 Å². The molecule has 2 rings (SSSR count). The standard InChI is InChI=1S/C12H16BrNOS/c13-11-1-3-12(4-2-11)15-8-5-14-6-9-16-10-7-14/h1-4H,5-10H2. The molecule has 0 radical (unpaired) electrons. The van der Waals surface area contributed by atoms with Crippen LogP contribution in [-0.2, 0) is 0 Å². The van der Waals surface area contributed by atoms with E-state index in [9.17, 15) is 0 Å². The molecule has 1 aliphatic rings. The van der Waals surface area contributed by atoms with Crippen LogP contribution < -0.4 is 4.74 Å². The Morgan fingerprint density at radius 1 is 1.19 bits per heavy atom. The molecule has 0 bridgehead atoms. The Kier molecular flexibility index (Phi) is 5.00. The van der Waals surface area contributed by atoms with Crippen molar-refractivity contribution in [1.82, 2.24) is 4.90 Å². The molecule has 88 valence electrons. The van der Waals surface area contributed by atoms with Crippen molar-refractivity contribution >= 4 is 27.7 Å². The van der Waals surface area contributed by atoms with Crippen LogP contribution in [0.3, 0.4) is 0 Å². The van der Waals surface area contributed by atoms with Crippen molar-refractivity contribution in [3.8, 4) is 5.75 Å². The van der Waals surface area contributed by atoms with Crippen molar-refractivity contribution in [2.45, 2.75) is 0 Å². The molecule has 0 amide bonds. The first-order valence-corrected chi connectivity index (χ1v) is 7.48. The van der Waals surface area contributed by atoms with Crippen molar-refractivity contribution in [1.29, 1.82) is 0 Å². The third-order valence-electron chi connectivity index (χ3n) is 2.59. The van der Waals surface area contributed by atoms with E-state index in [4.69, 9.17) is 4.74 Å². The van der Waals surface area contributed by atoms with Crippen LogP contribution in [-0.4, -0.2) is 42.6 Å². The van der Waals surface area contributed by atoms with Crippen molar-refractivity contribution in [3.05, 3.63) is 28.7 Å². The molecule has 1 aromatic rings. The highest BCUT2D eigenvalue weighted by atomic mass is 79.9. The second kappa shape index (κ2) is 6.52. The summed E-state index contributed by atoms with van der Waals surface area (Å²) < 4.78 is 6.79. The van der Waals surface area contributed by atoms with E-state index in [1.165, 1.54) is 24.6 Å². The number of hydrogen-bond acceptors (Lipinski definition) is 3. The summed E-state index contributed by atoms with van der Waals surface area (Å²) in [6, 6.07) is 8.01. The van der Waals surface area contributed by atoms with Crippen molar-refractivity contribution in [2.75, 3.05) is 37.7 Å². The van der Waals surface area contributed by atoms with Gasteiger partial charge in [-0.2, -0.15) is 11.8 Å². The molecule has 1 fully saturated rings. The third-order valence-corrected chi connectivity index (χ3v) is 4.06. The molecule has 1 aliphatic heterocycles. The summed E-state index contributed by atoms with van der Waals surface area (Å²) in [6.07, 6.45) is 0. The van der Waals surface area contributed by atoms with Gasteiger partial charge < -0.3 is 4.74 Å². The van der Waals surface area contributed by atoms with Gasteiger partial charge in [0.2, 0.25) is 0 Å². The van der Waals surface area contributed by atoms with E-state index in [1.54, 1.807) is 0 Å². The zero-order valence-corrected chi connectivity index (χ0v) is 11.6. The Hall–Kier alpha value is -0.190. The van der Waals surface area contributed by atoms with Gasteiger partial charge in [-0.1, -0.05) is 15.9 Å². The zero-order chi connectivity index (χ0) is 11.2. The summed E-state index contributed by atoms with van der Waals surface area (Å²) in [6.45, 7) is 4.23. The first-order valence-electron chi connectivity index (χ1n) is 5.53. The van der Waals surface area contributed by atoms with Crippen LogP contribution in [0.1, 0.15) is 0 Å². The monoisotopic (exact) mass is 301 g/mol. The molecular formula is C12H16BrNOS. The fraction of sp³-hybridized carbons (Fsp3) is 0.500. The molecule has 4 heteroatoms. The van der Waals surface area contributed by atoms with Gasteiger partial charge in [-0.05, 0) is 24.3 Å². The molecule has 0 saturated carbocycles. The lowest BCUT2D eigenvalue weighted by Gasteiger charge is -2.25. The van der Waals surface area contributed by atoms with Crippen molar-refractivity contribution in [2.24, 2.45) is 0 Å². The van der Waals surface area contributed by atoms with E-state index in [1.807, 2.05) is 36.0 Å². The van der Waals surface area contributed by atoms with Gasteiger partial charge in [0, 0.05) is 35.6 Å². The van der Waals surface area contributed by atoms with Gasteiger partial charge in [-0.15, -0.1) is 0 Å². The molecular weight excluding hydrogens is 286 g/mol. The molecule has 1 aromatic carbocycles.